The summed E-state index contributed by atoms with van der Waals surface area (Å²) in [5, 5.41) is 30.2. The van der Waals surface area contributed by atoms with E-state index in [1.54, 1.807) is 18.3 Å². The minimum Gasteiger partial charge on any atom is -0.480 e. The van der Waals surface area contributed by atoms with E-state index in [9.17, 15) is 39.0 Å². The highest BCUT2D eigenvalue weighted by Crippen LogP contribution is 2.19. The zero-order valence-electron chi connectivity index (χ0n) is 25.4. The van der Waals surface area contributed by atoms with Gasteiger partial charge in [-0.05, 0) is 37.3 Å². The highest BCUT2D eigenvalue weighted by atomic mass is 32.1. The second-order valence-corrected chi connectivity index (χ2v) is 11.6. The van der Waals surface area contributed by atoms with Gasteiger partial charge in [0, 0.05) is 35.7 Å². The van der Waals surface area contributed by atoms with E-state index in [0.29, 0.717) is 12.0 Å². The molecule has 16 heteroatoms. The van der Waals surface area contributed by atoms with E-state index in [0.717, 1.165) is 10.9 Å². The van der Waals surface area contributed by atoms with Crippen molar-refractivity contribution in [1.82, 2.24) is 26.3 Å². The second-order valence-electron chi connectivity index (χ2n) is 11.2. The van der Waals surface area contributed by atoms with Gasteiger partial charge in [-0.15, -0.1) is 0 Å². The number of primary amides is 1. The molecule has 15 nitrogen and oxygen atoms in total. The van der Waals surface area contributed by atoms with Crippen LogP contribution in [0.15, 0.2) is 30.5 Å². The van der Waals surface area contributed by atoms with Crippen molar-refractivity contribution in [3.63, 3.8) is 0 Å². The highest BCUT2D eigenvalue weighted by Gasteiger charge is 2.34. The molecule has 0 spiro atoms. The van der Waals surface area contributed by atoms with Gasteiger partial charge in [0.1, 0.15) is 24.2 Å². The van der Waals surface area contributed by atoms with Crippen molar-refractivity contribution in [2.24, 2.45) is 17.4 Å². The molecule has 6 atom stereocenters. The molecular weight excluding hydrogens is 606 g/mol. The third-order valence-electron chi connectivity index (χ3n) is 6.97. The zero-order chi connectivity index (χ0) is 33.8. The first kappa shape index (κ1) is 37.0. The van der Waals surface area contributed by atoms with Crippen LogP contribution >= 0.6 is 12.6 Å². The fourth-order valence-corrected chi connectivity index (χ4v) is 4.80. The number of nitrogens with two attached hydrogens (primary N) is 2. The number of benzene rings is 1. The Labute approximate surface area is 266 Å². The number of para-hydroxylation sites is 1. The van der Waals surface area contributed by atoms with Gasteiger partial charge in [0.05, 0.1) is 12.1 Å². The number of carboxylic acid groups (broad SMARTS) is 1. The Morgan fingerprint density at radius 1 is 0.889 bits per heavy atom. The molecule has 0 unspecified atom stereocenters. The number of carbonyl (C=O) groups is 6. The number of aliphatic hydroxyl groups is 1. The fourth-order valence-electron chi connectivity index (χ4n) is 4.56. The molecule has 0 aliphatic heterocycles. The number of aromatic amines is 1. The number of fused-ring (bicyclic) bond motifs is 1. The van der Waals surface area contributed by atoms with Crippen molar-refractivity contribution < 1.29 is 39.0 Å². The van der Waals surface area contributed by atoms with Gasteiger partial charge in [-0.1, -0.05) is 32.0 Å². The Morgan fingerprint density at radius 3 is 2.07 bits per heavy atom. The molecule has 0 aliphatic rings. The van der Waals surface area contributed by atoms with E-state index in [1.165, 1.54) is 6.92 Å². The number of aromatic nitrogens is 1. The lowest BCUT2D eigenvalue weighted by Gasteiger charge is -2.27. The first-order chi connectivity index (χ1) is 21.1. The topological polar surface area (TPSA) is 259 Å². The fraction of sp³-hybridized carbons (Fsp3) is 0.517. The highest BCUT2D eigenvalue weighted by molar-refractivity contribution is 7.80. The molecule has 1 heterocycles. The zero-order valence-corrected chi connectivity index (χ0v) is 26.3. The number of hydrogen-bond acceptors (Lipinski definition) is 9. The first-order valence-electron chi connectivity index (χ1n) is 14.5. The lowest BCUT2D eigenvalue weighted by molar-refractivity contribution is -0.141. The van der Waals surface area contributed by atoms with Crippen molar-refractivity contribution in [3.05, 3.63) is 36.0 Å². The molecule has 2 aromatic rings. The predicted octanol–water partition coefficient (Wildman–Crippen LogP) is -1.32. The van der Waals surface area contributed by atoms with E-state index >= 15 is 0 Å². The minimum atomic E-state index is -1.48. The van der Waals surface area contributed by atoms with Gasteiger partial charge in [-0.2, -0.15) is 12.6 Å². The molecule has 5 amide bonds. The van der Waals surface area contributed by atoms with Crippen molar-refractivity contribution in [3.8, 4) is 0 Å². The molecule has 11 N–H and O–H groups in total. The summed E-state index contributed by atoms with van der Waals surface area (Å²) in [6.07, 6.45) is -0.0652. The number of aliphatic hydroxyl groups excluding tert-OH is 1. The Balaban J connectivity index is 2.39. The number of rotatable bonds is 18. The van der Waals surface area contributed by atoms with Crippen LogP contribution in [-0.2, 0) is 35.2 Å². The van der Waals surface area contributed by atoms with Crippen LogP contribution in [0.5, 0.6) is 0 Å². The Hall–Kier alpha value is -4.15. The molecular formula is C29H43N7O8S. The summed E-state index contributed by atoms with van der Waals surface area (Å²) >= 11 is 3.92. The molecule has 0 fully saturated rings. The number of hydrogen-bond donors (Lipinski definition) is 10. The van der Waals surface area contributed by atoms with E-state index in [1.807, 2.05) is 26.0 Å². The monoisotopic (exact) mass is 649 g/mol. The minimum absolute atomic E-state index is 0.0898. The van der Waals surface area contributed by atoms with Crippen LogP contribution in [0, 0.1) is 5.92 Å². The maximum Gasteiger partial charge on any atom is 0.327 e. The van der Waals surface area contributed by atoms with Gasteiger partial charge < -0.3 is 47.9 Å². The van der Waals surface area contributed by atoms with Crippen molar-refractivity contribution in [1.29, 1.82) is 0 Å². The maximum absolute atomic E-state index is 13.7. The largest absolute Gasteiger partial charge is 0.480 e. The quantitative estimate of drug-likeness (QED) is 0.0858. The summed E-state index contributed by atoms with van der Waals surface area (Å²) in [6, 6.07) is 0.653. The van der Waals surface area contributed by atoms with Crippen LogP contribution in [-0.4, -0.2) is 92.8 Å². The smallest absolute Gasteiger partial charge is 0.327 e. The summed E-state index contributed by atoms with van der Waals surface area (Å²) in [5.41, 5.74) is 12.6. The lowest BCUT2D eigenvalue weighted by Crippen LogP contribution is -2.61. The van der Waals surface area contributed by atoms with Crippen LogP contribution in [0.2, 0.25) is 0 Å². The number of amides is 5. The summed E-state index contributed by atoms with van der Waals surface area (Å²) in [7, 11) is 0. The first-order valence-corrected chi connectivity index (χ1v) is 15.1. The summed E-state index contributed by atoms with van der Waals surface area (Å²) in [5.74, 6) is -5.60. The van der Waals surface area contributed by atoms with Crippen LogP contribution in [0.25, 0.3) is 10.9 Å². The third kappa shape index (κ3) is 11.4. The number of H-pyrrole nitrogens is 1. The van der Waals surface area contributed by atoms with Gasteiger partial charge in [0.2, 0.25) is 29.5 Å². The molecule has 0 saturated carbocycles. The molecule has 0 aliphatic carbocycles. The molecule has 1 aromatic heterocycles. The predicted molar refractivity (Wildman–Crippen MR) is 169 cm³/mol. The normalized spacial score (nSPS) is 15.3. The summed E-state index contributed by atoms with van der Waals surface area (Å²) < 4.78 is 0. The molecule has 0 saturated heterocycles. The van der Waals surface area contributed by atoms with Crippen LogP contribution < -0.4 is 32.7 Å². The van der Waals surface area contributed by atoms with Crippen molar-refractivity contribution >= 4 is 59.0 Å². The van der Waals surface area contributed by atoms with E-state index < -0.39 is 71.8 Å². The Morgan fingerprint density at radius 2 is 1.49 bits per heavy atom. The number of carbonyl (C=O) groups excluding carboxylic acids is 5. The summed E-state index contributed by atoms with van der Waals surface area (Å²) in [4.78, 5) is 78.8. The molecule has 0 bridgehead atoms. The number of nitrogens with one attached hydrogen (secondary N) is 5. The van der Waals surface area contributed by atoms with Gasteiger partial charge in [-0.3, -0.25) is 24.0 Å². The van der Waals surface area contributed by atoms with Gasteiger partial charge in [0.25, 0.3) is 0 Å². The van der Waals surface area contributed by atoms with Crippen molar-refractivity contribution in [2.45, 2.75) is 82.8 Å². The number of thiol groups is 1. The van der Waals surface area contributed by atoms with Crippen LogP contribution in [0.4, 0.5) is 0 Å². The Kier molecular flexibility index (Phi) is 14.3. The molecule has 45 heavy (non-hydrogen) atoms. The summed E-state index contributed by atoms with van der Waals surface area (Å²) in [6.45, 7) is 5.03. The van der Waals surface area contributed by atoms with Crippen LogP contribution in [0.3, 0.4) is 0 Å². The lowest BCUT2D eigenvalue weighted by atomic mass is 10.0. The average Bonchev–Trinajstić information content (AvgIpc) is 3.37. The Bertz CT molecular complexity index is 1370. The van der Waals surface area contributed by atoms with E-state index in [4.69, 9.17) is 11.5 Å². The van der Waals surface area contributed by atoms with Crippen LogP contribution in [0.1, 0.15) is 45.6 Å². The third-order valence-corrected chi connectivity index (χ3v) is 7.33. The van der Waals surface area contributed by atoms with Gasteiger partial charge in [0.15, 0.2) is 0 Å². The molecule has 248 valence electrons. The number of aliphatic carboxylic acids is 1. The van der Waals surface area contributed by atoms with E-state index in [-0.39, 0.29) is 30.9 Å². The molecule has 2 rings (SSSR count). The molecule has 0 radical (unpaired) electrons. The van der Waals surface area contributed by atoms with Gasteiger partial charge in [-0.25, -0.2) is 4.79 Å². The van der Waals surface area contributed by atoms with Crippen molar-refractivity contribution in [2.75, 3.05) is 5.75 Å². The van der Waals surface area contributed by atoms with E-state index in [2.05, 4.69) is 38.9 Å². The number of carboxylic acids is 1. The van der Waals surface area contributed by atoms with Gasteiger partial charge >= 0.3 is 5.97 Å². The average molecular weight is 650 g/mol. The second kappa shape index (κ2) is 17.4. The standard InChI is InChI=1S/C29H43N7O8S/c1-14(2)10-18(30)25(39)36-24(15(3)37)28(42)34-21(11-16-12-32-19-7-5-4-6-17(16)19)27(41)33-20(8-9-23(31)38)26(40)35-22(13-45)29(43)44/h4-7,12,14-15,18,20-22,24,32,37,45H,8-11,13,30H2,1-3H3,(H2,31,38)(H,33,41)(H,34,42)(H,35,40)(H,36,39)(H,43,44)/t15-,18+,20+,21+,22+,24+/m1/s1. The SMILES string of the molecule is CC(C)C[C@H](N)C(=O)N[C@H](C(=O)N[C@@H](Cc1c[nH]c2ccccc12)C(=O)N[C@@H](CCC(N)=O)C(=O)N[C@@H](CS)C(=O)O)[C@@H](C)O. The molecule has 1 aromatic carbocycles. The maximum atomic E-state index is 13.7.